The van der Waals surface area contributed by atoms with Gasteiger partial charge in [0.05, 0.1) is 12.0 Å². The van der Waals surface area contributed by atoms with Gasteiger partial charge in [-0.05, 0) is 55.5 Å². The van der Waals surface area contributed by atoms with Crippen LogP contribution in [-0.2, 0) is 16.4 Å². The fourth-order valence-electron chi connectivity index (χ4n) is 5.08. The zero-order valence-corrected chi connectivity index (χ0v) is 28.3. The van der Waals surface area contributed by atoms with Gasteiger partial charge in [-0.25, -0.2) is 13.1 Å². The summed E-state index contributed by atoms with van der Waals surface area (Å²) in [6, 6.07) is 19.2. The van der Waals surface area contributed by atoms with E-state index >= 15 is 0 Å². The molecule has 1 aromatic heterocycles. The summed E-state index contributed by atoms with van der Waals surface area (Å²) in [5.41, 5.74) is 2.18. The van der Waals surface area contributed by atoms with Gasteiger partial charge in [-0.3, -0.25) is 0 Å². The predicted octanol–water partition coefficient (Wildman–Crippen LogP) is 5.92. The number of benzene rings is 3. The highest BCUT2D eigenvalue weighted by Crippen LogP contribution is 2.30. The first-order valence-corrected chi connectivity index (χ1v) is 17.6. The Hall–Kier alpha value is -4.16. The first-order valence-electron chi connectivity index (χ1n) is 16.1. The van der Waals surface area contributed by atoms with Crippen LogP contribution in [0.15, 0.2) is 65.6 Å². The number of fused-ring (bicyclic) bond motifs is 1. The number of rotatable bonds is 20. The highest BCUT2D eigenvalue weighted by molar-refractivity contribution is 7.89. The number of nitrogens with one attached hydrogen (secondary N) is 4. The Balaban J connectivity index is 1.22. The third-order valence-electron chi connectivity index (χ3n) is 7.61. The highest BCUT2D eigenvalue weighted by Gasteiger charge is 2.18. The minimum absolute atomic E-state index is 0.313. The van der Waals surface area contributed by atoms with Gasteiger partial charge in [0.15, 0.2) is 0 Å². The molecule has 248 valence electrons. The summed E-state index contributed by atoms with van der Waals surface area (Å²) < 4.78 is 34.3. The van der Waals surface area contributed by atoms with Gasteiger partial charge in [0.1, 0.15) is 5.75 Å². The van der Waals surface area contributed by atoms with Crippen LogP contribution >= 0.6 is 0 Å². The van der Waals surface area contributed by atoms with E-state index in [1.165, 1.54) is 5.56 Å². The van der Waals surface area contributed by atoms with E-state index in [9.17, 15) is 8.42 Å². The lowest BCUT2D eigenvalue weighted by atomic mass is 10.1. The molecular weight excluding hydrogens is 600 g/mol. The molecule has 0 bridgehead atoms. The monoisotopic (exact) mass is 648 g/mol. The molecule has 4 aromatic rings. The Morgan fingerprint density at radius 3 is 1.91 bits per heavy atom. The quantitative estimate of drug-likeness (QED) is 0.0857. The lowest BCUT2D eigenvalue weighted by Gasteiger charge is -2.17. The third-order valence-corrected chi connectivity index (χ3v) is 9.13. The van der Waals surface area contributed by atoms with Gasteiger partial charge in [0.25, 0.3) is 0 Å². The molecule has 0 aliphatic carbocycles. The van der Waals surface area contributed by atoms with Gasteiger partial charge < -0.3 is 25.6 Å². The average Bonchev–Trinajstić information content (AvgIpc) is 3.05. The molecule has 0 amide bonds. The van der Waals surface area contributed by atoms with E-state index in [4.69, 9.17) is 4.74 Å². The van der Waals surface area contributed by atoms with E-state index in [0.717, 1.165) is 73.7 Å². The van der Waals surface area contributed by atoms with Crippen molar-refractivity contribution in [1.82, 2.24) is 19.7 Å². The van der Waals surface area contributed by atoms with Gasteiger partial charge in [-0.2, -0.15) is 15.0 Å². The molecule has 0 radical (unpaired) electrons. The molecule has 0 saturated heterocycles. The third kappa shape index (κ3) is 10.2. The molecule has 0 atom stereocenters. The zero-order valence-electron chi connectivity index (χ0n) is 27.5. The summed E-state index contributed by atoms with van der Waals surface area (Å²) in [5, 5.41) is 11.6. The fourth-order valence-corrected chi connectivity index (χ4v) is 6.37. The van der Waals surface area contributed by atoms with Crippen molar-refractivity contribution in [2.24, 2.45) is 0 Å². The van der Waals surface area contributed by atoms with E-state index in [1.807, 2.05) is 55.4 Å². The molecule has 1 heterocycles. The SMILES string of the molecule is CCCCNc1nc(NCCCCCCNS(=O)(=O)c2cccc3c(N(C)C)cccc23)nc(NCCc2ccc(OC)cc2)n1. The van der Waals surface area contributed by atoms with Crippen LogP contribution in [-0.4, -0.2) is 70.8 Å². The van der Waals surface area contributed by atoms with Crippen molar-refractivity contribution in [3.8, 4) is 5.75 Å². The van der Waals surface area contributed by atoms with Crippen LogP contribution in [0.25, 0.3) is 10.8 Å². The molecule has 0 fully saturated rings. The number of ether oxygens (including phenoxy) is 1. The Labute approximate surface area is 273 Å². The van der Waals surface area contributed by atoms with Crippen molar-refractivity contribution in [2.75, 3.05) is 68.2 Å². The first kappa shape index (κ1) is 34.7. The first-order chi connectivity index (χ1) is 22.3. The van der Waals surface area contributed by atoms with Crippen molar-refractivity contribution < 1.29 is 13.2 Å². The van der Waals surface area contributed by atoms with Crippen molar-refractivity contribution in [2.45, 2.75) is 56.8 Å². The number of hydrogen-bond donors (Lipinski definition) is 4. The Kier molecular flexibility index (Phi) is 13.2. The van der Waals surface area contributed by atoms with E-state index in [0.29, 0.717) is 42.4 Å². The summed E-state index contributed by atoms with van der Waals surface area (Å²) in [7, 11) is 1.95. The molecule has 0 aliphatic rings. The van der Waals surface area contributed by atoms with Crippen LogP contribution in [0.2, 0.25) is 0 Å². The maximum absolute atomic E-state index is 13.2. The topological polar surface area (TPSA) is 133 Å². The van der Waals surface area contributed by atoms with Gasteiger partial charge in [-0.1, -0.05) is 62.6 Å². The predicted molar refractivity (Wildman–Crippen MR) is 189 cm³/mol. The Morgan fingerprint density at radius 1 is 0.696 bits per heavy atom. The van der Waals surface area contributed by atoms with Gasteiger partial charge in [0.2, 0.25) is 27.9 Å². The molecule has 12 heteroatoms. The van der Waals surface area contributed by atoms with Crippen molar-refractivity contribution in [1.29, 1.82) is 0 Å². The molecule has 4 N–H and O–H groups in total. The lowest BCUT2D eigenvalue weighted by molar-refractivity contribution is 0.414. The summed E-state index contributed by atoms with van der Waals surface area (Å²) >= 11 is 0. The number of aromatic nitrogens is 3. The standard InChI is InChI=1S/C34H48N8O3S/c1-5-6-22-35-32-39-33(41-34(40-32)37-25-21-26-17-19-27(45-4)20-18-26)36-23-9-7-8-10-24-38-46(43,44)31-16-12-13-28-29(31)14-11-15-30(28)42(2)3/h11-20,38H,5-10,21-25H2,1-4H3,(H3,35,36,37,39,40,41). The van der Waals surface area contributed by atoms with Crippen LogP contribution in [0.1, 0.15) is 51.0 Å². The lowest BCUT2D eigenvalue weighted by Crippen LogP contribution is -2.25. The minimum Gasteiger partial charge on any atom is -0.497 e. The van der Waals surface area contributed by atoms with Crippen LogP contribution in [0.4, 0.5) is 23.5 Å². The smallest absolute Gasteiger partial charge is 0.241 e. The van der Waals surface area contributed by atoms with Crippen molar-refractivity contribution in [3.63, 3.8) is 0 Å². The molecule has 0 aliphatic heterocycles. The molecule has 46 heavy (non-hydrogen) atoms. The molecule has 0 saturated carbocycles. The maximum atomic E-state index is 13.2. The zero-order chi connectivity index (χ0) is 32.8. The minimum atomic E-state index is -3.63. The van der Waals surface area contributed by atoms with Crippen molar-refractivity contribution >= 4 is 44.3 Å². The maximum Gasteiger partial charge on any atom is 0.241 e. The second-order valence-electron chi connectivity index (χ2n) is 11.4. The molecule has 4 rings (SSSR count). The van der Waals surface area contributed by atoms with Gasteiger partial charge in [0, 0.05) is 56.7 Å². The molecular formula is C34H48N8O3S. The average molecular weight is 649 g/mol. The number of anilines is 4. The number of unbranched alkanes of at least 4 members (excludes halogenated alkanes) is 4. The molecule has 0 spiro atoms. The van der Waals surface area contributed by atoms with Gasteiger partial charge in [-0.15, -0.1) is 0 Å². The van der Waals surface area contributed by atoms with Gasteiger partial charge >= 0.3 is 0 Å². The van der Waals surface area contributed by atoms with Crippen LogP contribution in [0.3, 0.4) is 0 Å². The summed E-state index contributed by atoms with van der Waals surface area (Å²) in [5.74, 6) is 2.45. The molecule has 3 aromatic carbocycles. The van der Waals surface area contributed by atoms with Crippen molar-refractivity contribution in [3.05, 3.63) is 66.2 Å². The van der Waals surface area contributed by atoms with Crippen LogP contribution in [0.5, 0.6) is 5.75 Å². The van der Waals surface area contributed by atoms with E-state index in [2.05, 4.69) is 54.7 Å². The van der Waals surface area contributed by atoms with Crippen LogP contribution in [0, 0.1) is 0 Å². The second-order valence-corrected chi connectivity index (χ2v) is 13.1. The second kappa shape index (κ2) is 17.5. The fraction of sp³-hybridized carbons (Fsp3) is 0.441. The van der Waals surface area contributed by atoms with E-state index in [1.54, 1.807) is 19.2 Å². The normalized spacial score (nSPS) is 11.4. The largest absolute Gasteiger partial charge is 0.497 e. The Morgan fingerprint density at radius 2 is 1.28 bits per heavy atom. The summed E-state index contributed by atoms with van der Waals surface area (Å²) in [6.07, 6.45) is 6.47. The van der Waals surface area contributed by atoms with Crippen LogP contribution < -0.4 is 30.3 Å². The molecule has 0 unspecified atom stereocenters. The number of nitrogens with zero attached hydrogens (tertiary/aromatic N) is 4. The molecule has 11 nitrogen and oxygen atoms in total. The van der Waals surface area contributed by atoms with E-state index in [-0.39, 0.29) is 0 Å². The van der Waals surface area contributed by atoms with E-state index < -0.39 is 10.0 Å². The number of sulfonamides is 1. The number of hydrogen-bond acceptors (Lipinski definition) is 10. The highest BCUT2D eigenvalue weighted by atomic mass is 32.2. The number of methoxy groups -OCH3 is 1. The Bertz CT molecular complexity index is 1630. The summed E-state index contributed by atoms with van der Waals surface area (Å²) in [4.78, 5) is 16.0. The summed E-state index contributed by atoms with van der Waals surface area (Å²) in [6.45, 7) is 4.73.